The molecule has 0 bridgehead atoms. The molecule has 4 heteroatoms. The van der Waals surface area contributed by atoms with Crippen LogP contribution in [0, 0.1) is 12.7 Å². The van der Waals surface area contributed by atoms with E-state index in [1.165, 1.54) is 12.1 Å². The van der Waals surface area contributed by atoms with Crippen molar-refractivity contribution in [1.29, 1.82) is 0 Å². The van der Waals surface area contributed by atoms with Crippen LogP contribution in [0.2, 0.25) is 0 Å². The second-order valence-corrected chi connectivity index (χ2v) is 4.57. The van der Waals surface area contributed by atoms with Crippen LogP contribution in [0.15, 0.2) is 18.2 Å². The summed E-state index contributed by atoms with van der Waals surface area (Å²) >= 11 is 0. The second-order valence-electron chi connectivity index (χ2n) is 4.57. The zero-order chi connectivity index (χ0) is 12.4. The molecule has 1 amide bonds. The Bertz CT molecular complexity index is 433. The highest BCUT2D eigenvalue weighted by Gasteiger charge is 2.22. The van der Waals surface area contributed by atoms with Crippen molar-refractivity contribution >= 4 is 5.91 Å². The Hall–Kier alpha value is -1.42. The van der Waals surface area contributed by atoms with Gasteiger partial charge in [-0.15, -0.1) is 0 Å². The SMILES string of the molecule is Cc1ccc(F)cc1C(=O)N1CCNC(C)C1. The quantitative estimate of drug-likeness (QED) is 0.802. The minimum atomic E-state index is -0.359. The highest BCUT2D eigenvalue weighted by molar-refractivity contribution is 5.95. The summed E-state index contributed by atoms with van der Waals surface area (Å²) in [6.07, 6.45) is 0. The molecule has 0 spiro atoms. The fraction of sp³-hybridized carbons (Fsp3) is 0.462. The van der Waals surface area contributed by atoms with E-state index >= 15 is 0 Å². The van der Waals surface area contributed by atoms with Gasteiger partial charge in [0.1, 0.15) is 5.82 Å². The molecule has 1 aliphatic rings. The van der Waals surface area contributed by atoms with E-state index in [1.807, 2.05) is 13.8 Å². The molecule has 1 fully saturated rings. The number of carbonyl (C=O) groups excluding carboxylic acids is 1. The van der Waals surface area contributed by atoms with Crippen LogP contribution in [0.4, 0.5) is 4.39 Å². The highest BCUT2D eigenvalue weighted by atomic mass is 19.1. The van der Waals surface area contributed by atoms with Gasteiger partial charge in [-0.05, 0) is 31.5 Å². The van der Waals surface area contributed by atoms with Gasteiger partial charge in [-0.2, -0.15) is 0 Å². The lowest BCUT2D eigenvalue weighted by atomic mass is 10.1. The van der Waals surface area contributed by atoms with Crippen LogP contribution in [-0.2, 0) is 0 Å². The number of hydrogen-bond donors (Lipinski definition) is 1. The van der Waals surface area contributed by atoms with Gasteiger partial charge in [0.25, 0.3) is 5.91 Å². The molecule has 1 aromatic carbocycles. The lowest BCUT2D eigenvalue weighted by Crippen LogP contribution is -2.51. The van der Waals surface area contributed by atoms with Gasteiger partial charge >= 0.3 is 0 Å². The van der Waals surface area contributed by atoms with Gasteiger partial charge in [0.05, 0.1) is 0 Å². The van der Waals surface area contributed by atoms with E-state index in [-0.39, 0.29) is 11.7 Å². The zero-order valence-corrected chi connectivity index (χ0v) is 10.2. The maximum Gasteiger partial charge on any atom is 0.254 e. The van der Waals surface area contributed by atoms with Gasteiger partial charge in [0.2, 0.25) is 0 Å². The van der Waals surface area contributed by atoms with Crippen LogP contribution in [0.3, 0.4) is 0 Å². The molecule has 1 unspecified atom stereocenters. The van der Waals surface area contributed by atoms with E-state index in [2.05, 4.69) is 5.32 Å². The molecule has 0 aliphatic carbocycles. The van der Waals surface area contributed by atoms with Crippen molar-refractivity contribution in [3.05, 3.63) is 35.1 Å². The van der Waals surface area contributed by atoms with Crippen molar-refractivity contribution in [2.75, 3.05) is 19.6 Å². The maximum atomic E-state index is 13.2. The first kappa shape index (κ1) is 12.0. The minimum Gasteiger partial charge on any atom is -0.336 e. The van der Waals surface area contributed by atoms with E-state index < -0.39 is 0 Å². The van der Waals surface area contributed by atoms with Crippen molar-refractivity contribution < 1.29 is 9.18 Å². The fourth-order valence-corrected chi connectivity index (χ4v) is 2.11. The summed E-state index contributed by atoms with van der Waals surface area (Å²) in [5.74, 6) is -0.433. The third kappa shape index (κ3) is 2.64. The molecule has 1 aromatic rings. The molecule has 0 aromatic heterocycles. The van der Waals surface area contributed by atoms with Crippen molar-refractivity contribution in [2.24, 2.45) is 0 Å². The molecule has 3 nitrogen and oxygen atoms in total. The summed E-state index contributed by atoms with van der Waals surface area (Å²) in [7, 11) is 0. The molecular weight excluding hydrogens is 219 g/mol. The van der Waals surface area contributed by atoms with Crippen molar-refractivity contribution in [3.8, 4) is 0 Å². The summed E-state index contributed by atoms with van der Waals surface area (Å²) in [6.45, 7) is 6.02. The first-order chi connectivity index (χ1) is 8.08. The summed E-state index contributed by atoms with van der Waals surface area (Å²) in [5, 5.41) is 3.28. The first-order valence-electron chi connectivity index (χ1n) is 5.87. The summed E-state index contributed by atoms with van der Waals surface area (Å²) in [6, 6.07) is 4.65. The second kappa shape index (κ2) is 4.84. The number of nitrogens with zero attached hydrogens (tertiary/aromatic N) is 1. The van der Waals surface area contributed by atoms with Crippen LogP contribution in [-0.4, -0.2) is 36.5 Å². The average molecular weight is 236 g/mol. The molecule has 1 heterocycles. The van der Waals surface area contributed by atoms with Crippen LogP contribution in [0.5, 0.6) is 0 Å². The first-order valence-corrected chi connectivity index (χ1v) is 5.87. The van der Waals surface area contributed by atoms with Crippen molar-refractivity contribution in [2.45, 2.75) is 19.9 Å². The van der Waals surface area contributed by atoms with Gasteiger partial charge in [0, 0.05) is 31.2 Å². The Balaban J connectivity index is 2.21. The van der Waals surface area contributed by atoms with E-state index in [1.54, 1.807) is 11.0 Å². The summed E-state index contributed by atoms with van der Waals surface area (Å²) in [4.78, 5) is 14.0. The maximum absolute atomic E-state index is 13.2. The molecule has 92 valence electrons. The molecule has 1 N–H and O–H groups in total. The molecule has 1 saturated heterocycles. The smallest absolute Gasteiger partial charge is 0.254 e. The number of amides is 1. The number of nitrogens with one attached hydrogen (secondary N) is 1. The largest absolute Gasteiger partial charge is 0.336 e. The van der Waals surface area contributed by atoms with Crippen LogP contribution >= 0.6 is 0 Å². The Morgan fingerprint density at radius 2 is 2.29 bits per heavy atom. The van der Waals surface area contributed by atoms with Crippen LogP contribution < -0.4 is 5.32 Å². The monoisotopic (exact) mass is 236 g/mol. The number of halogens is 1. The standard InChI is InChI=1S/C13H17FN2O/c1-9-3-4-11(14)7-12(9)13(17)16-6-5-15-10(2)8-16/h3-4,7,10,15H,5-6,8H2,1-2H3. The van der Waals surface area contributed by atoms with E-state index in [9.17, 15) is 9.18 Å². The lowest BCUT2D eigenvalue weighted by Gasteiger charge is -2.32. The number of piperazine rings is 1. The predicted molar refractivity (Wildman–Crippen MR) is 64.5 cm³/mol. The van der Waals surface area contributed by atoms with Gasteiger partial charge < -0.3 is 10.2 Å². The molecule has 17 heavy (non-hydrogen) atoms. The Morgan fingerprint density at radius 1 is 1.53 bits per heavy atom. The van der Waals surface area contributed by atoms with E-state index in [0.717, 1.165) is 12.1 Å². The minimum absolute atomic E-state index is 0.0737. The van der Waals surface area contributed by atoms with Crippen molar-refractivity contribution in [3.63, 3.8) is 0 Å². The topological polar surface area (TPSA) is 32.3 Å². The molecular formula is C13H17FN2O. The van der Waals surface area contributed by atoms with Gasteiger partial charge in [-0.25, -0.2) is 4.39 Å². The van der Waals surface area contributed by atoms with E-state index in [4.69, 9.17) is 0 Å². The summed E-state index contributed by atoms with van der Waals surface area (Å²) < 4.78 is 13.2. The number of hydrogen-bond acceptors (Lipinski definition) is 2. The van der Waals surface area contributed by atoms with E-state index in [0.29, 0.717) is 24.7 Å². The number of aryl methyl sites for hydroxylation is 1. The molecule has 0 radical (unpaired) electrons. The molecule has 1 atom stereocenters. The Labute approximate surface area is 101 Å². The normalized spacial score (nSPS) is 20.4. The third-order valence-electron chi connectivity index (χ3n) is 3.09. The van der Waals surface area contributed by atoms with Crippen LogP contribution in [0.1, 0.15) is 22.8 Å². The highest BCUT2D eigenvalue weighted by Crippen LogP contribution is 2.14. The lowest BCUT2D eigenvalue weighted by molar-refractivity contribution is 0.0708. The predicted octanol–water partition coefficient (Wildman–Crippen LogP) is 1.57. The molecule has 0 saturated carbocycles. The number of benzene rings is 1. The Morgan fingerprint density at radius 3 is 3.00 bits per heavy atom. The van der Waals surface area contributed by atoms with Gasteiger partial charge in [-0.1, -0.05) is 6.07 Å². The van der Waals surface area contributed by atoms with Crippen LogP contribution in [0.25, 0.3) is 0 Å². The molecule has 2 rings (SSSR count). The number of carbonyl (C=O) groups is 1. The molecule has 1 aliphatic heterocycles. The fourth-order valence-electron chi connectivity index (χ4n) is 2.11. The van der Waals surface area contributed by atoms with Crippen molar-refractivity contribution in [1.82, 2.24) is 10.2 Å². The zero-order valence-electron chi connectivity index (χ0n) is 10.2. The van der Waals surface area contributed by atoms with Gasteiger partial charge in [0.15, 0.2) is 0 Å². The van der Waals surface area contributed by atoms with Gasteiger partial charge in [-0.3, -0.25) is 4.79 Å². The summed E-state index contributed by atoms with van der Waals surface area (Å²) in [5.41, 5.74) is 1.29. The Kier molecular flexibility index (Phi) is 3.43. The average Bonchev–Trinajstić information content (AvgIpc) is 2.31. The number of rotatable bonds is 1. The third-order valence-corrected chi connectivity index (χ3v) is 3.09.